The van der Waals surface area contributed by atoms with Crippen LogP contribution in [0.1, 0.15) is 40.0 Å². The number of rotatable bonds is 11. The summed E-state index contributed by atoms with van der Waals surface area (Å²) < 4.78 is 36.3. The number of anilines is 1. The highest BCUT2D eigenvalue weighted by Gasteiger charge is 2.23. The molecule has 2 rings (SSSR count). The lowest BCUT2D eigenvalue weighted by atomic mass is 10.2. The van der Waals surface area contributed by atoms with Crippen LogP contribution < -0.4 is 11.0 Å². The van der Waals surface area contributed by atoms with E-state index in [1.807, 2.05) is 0 Å². The third kappa shape index (κ3) is 8.12. The first-order valence-corrected chi connectivity index (χ1v) is 11.7. The molecule has 0 unspecified atom stereocenters. The summed E-state index contributed by atoms with van der Waals surface area (Å²) in [5.41, 5.74) is -0.550. The van der Waals surface area contributed by atoms with E-state index in [2.05, 4.69) is 10.3 Å². The maximum Gasteiger partial charge on any atom is 0.353 e. The zero-order valence-corrected chi connectivity index (χ0v) is 18.5. The van der Waals surface area contributed by atoms with E-state index in [4.69, 9.17) is 18.5 Å². The van der Waals surface area contributed by atoms with Gasteiger partial charge in [0.1, 0.15) is 5.82 Å². The SMILES string of the molecule is CCOP(=O)(C=C[C@H](Cn1ccc(NC(C)=O)nc1=O)O[C@H]1CCCCO1)OCC. The van der Waals surface area contributed by atoms with Crippen LogP contribution >= 0.6 is 7.60 Å². The van der Waals surface area contributed by atoms with Crippen LogP contribution in [0, 0.1) is 0 Å². The third-order valence-electron chi connectivity index (χ3n) is 4.12. The lowest BCUT2D eigenvalue weighted by molar-refractivity contribution is -0.180. The minimum atomic E-state index is -3.42. The first-order valence-electron chi connectivity index (χ1n) is 10.1. The molecule has 0 spiro atoms. The zero-order valence-electron chi connectivity index (χ0n) is 17.6. The summed E-state index contributed by atoms with van der Waals surface area (Å²) in [6.07, 6.45) is 4.70. The Hall–Kier alpha value is -1.84. The van der Waals surface area contributed by atoms with Crippen LogP contribution in [0.4, 0.5) is 5.82 Å². The molecule has 0 aromatic carbocycles. The van der Waals surface area contributed by atoms with Gasteiger partial charge in [0, 0.05) is 25.5 Å². The first-order chi connectivity index (χ1) is 14.3. The van der Waals surface area contributed by atoms with Crippen molar-refractivity contribution in [3.8, 4) is 0 Å². The van der Waals surface area contributed by atoms with Crippen molar-refractivity contribution < 1.29 is 27.9 Å². The average molecular weight is 443 g/mol. The topological polar surface area (TPSA) is 118 Å². The molecule has 2 heterocycles. The van der Waals surface area contributed by atoms with Gasteiger partial charge in [-0.15, -0.1) is 0 Å². The molecular formula is C19H30N3O7P. The summed E-state index contributed by atoms with van der Waals surface area (Å²) in [6, 6.07) is 1.52. The van der Waals surface area contributed by atoms with Crippen molar-refractivity contribution in [1.82, 2.24) is 9.55 Å². The molecule has 1 aliphatic heterocycles. The zero-order chi connectivity index (χ0) is 22.0. The van der Waals surface area contributed by atoms with E-state index in [-0.39, 0.29) is 31.5 Å². The second-order valence-corrected chi connectivity index (χ2v) is 8.51. The normalized spacial score (nSPS) is 18.4. The van der Waals surface area contributed by atoms with E-state index in [1.165, 1.54) is 29.6 Å². The Kier molecular flexibility index (Phi) is 9.87. The molecule has 1 amide bonds. The van der Waals surface area contributed by atoms with Crippen LogP contribution in [0.25, 0.3) is 0 Å². The fourth-order valence-electron chi connectivity index (χ4n) is 2.86. The van der Waals surface area contributed by atoms with Crippen molar-refractivity contribution >= 4 is 19.3 Å². The number of amides is 1. The van der Waals surface area contributed by atoms with Gasteiger partial charge < -0.3 is 23.8 Å². The van der Waals surface area contributed by atoms with Gasteiger partial charge in [-0.05, 0) is 45.3 Å². The minimum absolute atomic E-state index is 0.112. The van der Waals surface area contributed by atoms with Crippen LogP contribution in [0.3, 0.4) is 0 Å². The van der Waals surface area contributed by atoms with E-state index < -0.39 is 25.7 Å². The van der Waals surface area contributed by atoms with Crippen LogP contribution in [0.2, 0.25) is 0 Å². The number of nitrogens with zero attached hydrogens (tertiary/aromatic N) is 2. The van der Waals surface area contributed by atoms with Crippen molar-refractivity contribution in [2.75, 3.05) is 25.1 Å². The number of hydrogen-bond acceptors (Lipinski definition) is 8. The lowest BCUT2D eigenvalue weighted by Crippen LogP contribution is -2.33. The van der Waals surface area contributed by atoms with Gasteiger partial charge in [-0.3, -0.25) is 13.9 Å². The summed E-state index contributed by atoms with van der Waals surface area (Å²) in [5.74, 6) is 1.21. The highest BCUT2D eigenvalue weighted by Crippen LogP contribution is 2.49. The maximum absolute atomic E-state index is 12.7. The van der Waals surface area contributed by atoms with Crippen molar-refractivity contribution in [1.29, 1.82) is 0 Å². The van der Waals surface area contributed by atoms with Crippen LogP contribution in [0.15, 0.2) is 29.0 Å². The number of ether oxygens (including phenoxy) is 2. The van der Waals surface area contributed by atoms with Gasteiger partial charge in [-0.1, -0.05) is 0 Å². The Morgan fingerprint density at radius 2 is 2.13 bits per heavy atom. The largest absolute Gasteiger partial charge is 0.353 e. The Morgan fingerprint density at radius 3 is 2.70 bits per heavy atom. The standard InChI is InChI=1S/C19H30N3O7P/c1-4-27-30(25,28-5-2)13-10-16(29-18-8-6-7-12-26-18)14-22-11-9-17(20-15(3)23)21-19(22)24/h9-11,13,16,18H,4-8,12,14H2,1-3H3,(H,20,21,23,24)/t16-,18+/m1/s1. The smallest absolute Gasteiger partial charge is 0.353 e. The highest BCUT2D eigenvalue weighted by atomic mass is 31.2. The van der Waals surface area contributed by atoms with E-state index in [9.17, 15) is 14.2 Å². The maximum atomic E-state index is 12.7. The summed E-state index contributed by atoms with van der Waals surface area (Å²) in [4.78, 5) is 27.3. The second kappa shape index (κ2) is 12.1. The molecule has 1 aromatic rings. The molecule has 1 saturated heterocycles. The van der Waals surface area contributed by atoms with Crippen molar-refractivity contribution in [2.24, 2.45) is 0 Å². The average Bonchev–Trinajstić information content (AvgIpc) is 2.69. The van der Waals surface area contributed by atoms with Crippen molar-refractivity contribution in [3.63, 3.8) is 0 Å². The van der Waals surface area contributed by atoms with Crippen molar-refractivity contribution in [3.05, 3.63) is 34.6 Å². The lowest BCUT2D eigenvalue weighted by Gasteiger charge is -2.27. The molecule has 30 heavy (non-hydrogen) atoms. The molecule has 11 heteroatoms. The van der Waals surface area contributed by atoms with E-state index in [1.54, 1.807) is 19.9 Å². The van der Waals surface area contributed by atoms with Crippen LogP contribution in [-0.4, -0.2) is 47.7 Å². The minimum Gasteiger partial charge on any atom is -0.353 e. The van der Waals surface area contributed by atoms with E-state index in [0.717, 1.165) is 19.3 Å². The Morgan fingerprint density at radius 1 is 1.40 bits per heavy atom. The van der Waals surface area contributed by atoms with Gasteiger partial charge in [0.15, 0.2) is 6.29 Å². The molecule has 1 aromatic heterocycles. The van der Waals surface area contributed by atoms with Crippen LogP contribution in [-0.2, 0) is 34.4 Å². The summed E-state index contributed by atoms with van der Waals surface area (Å²) >= 11 is 0. The Balaban J connectivity index is 2.20. The quantitative estimate of drug-likeness (QED) is 0.519. The number of nitrogens with one attached hydrogen (secondary N) is 1. The monoisotopic (exact) mass is 443 g/mol. The molecule has 168 valence electrons. The van der Waals surface area contributed by atoms with Gasteiger partial charge in [-0.2, -0.15) is 4.98 Å². The predicted molar refractivity (Wildman–Crippen MR) is 111 cm³/mol. The number of carbonyl (C=O) groups is 1. The third-order valence-corrected chi connectivity index (χ3v) is 5.89. The van der Waals surface area contributed by atoms with Gasteiger partial charge in [0.25, 0.3) is 0 Å². The molecule has 10 nitrogen and oxygen atoms in total. The number of carbonyl (C=O) groups excluding carboxylic acids is 1. The van der Waals surface area contributed by atoms with Gasteiger partial charge >= 0.3 is 13.3 Å². The molecule has 0 aliphatic carbocycles. The van der Waals surface area contributed by atoms with E-state index in [0.29, 0.717) is 6.61 Å². The van der Waals surface area contributed by atoms with Crippen molar-refractivity contribution in [2.45, 2.75) is 59.0 Å². The van der Waals surface area contributed by atoms with Crippen LogP contribution in [0.5, 0.6) is 0 Å². The first kappa shape index (κ1) is 24.4. The number of aromatic nitrogens is 2. The summed E-state index contributed by atoms with van der Waals surface area (Å²) in [5, 5.41) is 2.47. The van der Waals surface area contributed by atoms with E-state index >= 15 is 0 Å². The predicted octanol–water partition coefficient (Wildman–Crippen LogP) is 2.89. The second-order valence-electron chi connectivity index (χ2n) is 6.62. The van der Waals surface area contributed by atoms with Gasteiger partial charge in [0.2, 0.25) is 5.91 Å². The summed E-state index contributed by atoms with van der Waals surface area (Å²) in [7, 11) is -3.42. The molecule has 1 N–H and O–H groups in total. The number of hydrogen-bond donors (Lipinski definition) is 1. The molecule has 0 radical (unpaired) electrons. The molecule has 2 atom stereocenters. The van der Waals surface area contributed by atoms with Gasteiger partial charge in [-0.25, -0.2) is 4.79 Å². The van der Waals surface area contributed by atoms with Gasteiger partial charge in [0.05, 0.1) is 25.9 Å². The fraction of sp³-hybridized carbons (Fsp3) is 0.632. The Labute approximate surface area is 176 Å². The Bertz CT molecular complexity index is 811. The molecular weight excluding hydrogens is 413 g/mol. The highest BCUT2D eigenvalue weighted by molar-refractivity contribution is 7.57. The fourth-order valence-corrected chi connectivity index (χ4v) is 4.23. The summed E-state index contributed by atoms with van der Waals surface area (Å²) in [6.45, 7) is 5.96. The molecule has 1 fully saturated rings. The molecule has 1 aliphatic rings. The molecule has 0 bridgehead atoms. The molecule has 0 saturated carbocycles.